The molecule has 0 aromatic heterocycles. The Morgan fingerprint density at radius 2 is 1.76 bits per heavy atom. The lowest BCUT2D eigenvalue weighted by atomic mass is 10.2. The molecule has 0 atom stereocenters. The first kappa shape index (κ1) is 19.6. The number of hydrogen-bond donors (Lipinski definition) is 1. The van der Waals surface area contributed by atoms with Gasteiger partial charge < -0.3 is 5.32 Å². The Morgan fingerprint density at radius 3 is 2.52 bits per heavy atom. The van der Waals surface area contributed by atoms with Gasteiger partial charge >= 0.3 is 0 Å². The van der Waals surface area contributed by atoms with E-state index < -0.39 is 26.6 Å². The van der Waals surface area contributed by atoms with Gasteiger partial charge in [0.05, 0.1) is 5.69 Å². The molecule has 148 valence electrons. The molecule has 0 bridgehead atoms. The van der Waals surface area contributed by atoms with E-state index in [1.54, 1.807) is 36.4 Å². The van der Waals surface area contributed by atoms with E-state index in [0.29, 0.717) is 17.8 Å². The number of carbonyl (C=O) groups excluding carboxylic acids is 1. The maximum Gasteiger partial charge on any atom is 0.267 e. The highest BCUT2D eigenvalue weighted by Crippen LogP contribution is 2.33. The fourth-order valence-electron chi connectivity index (χ4n) is 3.26. The topological polar surface area (TPSA) is 66.5 Å². The van der Waals surface area contributed by atoms with Crippen LogP contribution in [-0.2, 0) is 16.4 Å². The molecule has 4 rings (SSSR count). The number of nitrogens with zero attached hydrogens (tertiary/aromatic N) is 1. The fraction of sp³-hybridized carbons (Fsp3) is 0.0952. The molecule has 1 N–H and O–H groups in total. The lowest BCUT2D eigenvalue weighted by Gasteiger charge is -2.20. The Balaban J connectivity index is 1.66. The summed E-state index contributed by atoms with van der Waals surface area (Å²) in [4.78, 5) is 12.0. The Morgan fingerprint density at radius 1 is 1.03 bits per heavy atom. The molecule has 1 heterocycles. The van der Waals surface area contributed by atoms with Gasteiger partial charge in [-0.3, -0.25) is 9.10 Å². The quantitative estimate of drug-likeness (QED) is 0.601. The van der Waals surface area contributed by atoms with Crippen molar-refractivity contribution >= 4 is 43.2 Å². The van der Waals surface area contributed by atoms with Crippen LogP contribution in [0.25, 0.3) is 0 Å². The highest BCUT2D eigenvalue weighted by molar-refractivity contribution is 9.10. The molecule has 1 amide bonds. The normalized spacial score (nSPS) is 13.2. The monoisotopic (exact) mass is 474 g/mol. The summed E-state index contributed by atoms with van der Waals surface area (Å²) < 4.78 is 42.8. The third kappa shape index (κ3) is 3.77. The summed E-state index contributed by atoms with van der Waals surface area (Å²) >= 11 is 3.31. The SMILES string of the molecule is O=C(Nc1ccc(Br)cc1)c1ccc(F)c(S(=O)(=O)N2CCc3ccccc32)c1. The average molecular weight is 475 g/mol. The van der Waals surface area contributed by atoms with Crippen molar-refractivity contribution < 1.29 is 17.6 Å². The zero-order valence-electron chi connectivity index (χ0n) is 15.1. The van der Waals surface area contributed by atoms with E-state index in [1.807, 2.05) is 12.1 Å². The van der Waals surface area contributed by atoms with Crippen LogP contribution in [0.3, 0.4) is 0 Å². The van der Waals surface area contributed by atoms with Gasteiger partial charge in [0, 0.05) is 22.3 Å². The first-order valence-electron chi connectivity index (χ1n) is 8.83. The molecule has 0 saturated carbocycles. The van der Waals surface area contributed by atoms with Crippen molar-refractivity contribution in [3.8, 4) is 0 Å². The van der Waals surface area contributed by atoms with Gasteiger partial charge in [-0.25, -0.2) is 12.8 Å². The molecule has 0 unspecified atom stereocenters. The van der Waals surface area contributed by atoms with E-state index in [1.165, 1.54) is 10.4 Å². The van der Waals surface area contributed by atoms with Gasteiger partial charge in [-0.1, -0.05) is 34.1 Å². The molecule has 0 aliphatic carbocycles. The summed E-state index contributed by atoms with van der Waals surface area (Å²) in [5, 5.41) is 2.68. The molecule has 3 aromatic carbocycles. The summed E-state index contributed by atoms with van der Waals surface area (Å²) in [5.41, 5.74) is 2.03. The third-order valence-electron chi connectivity index (χ3n) is 4.71. The Kier molecular flexibility index (Phi) is 5.14. The largest absolute Gasteiger partial charge is 0.322 e. The first-order chi connectivity index (χ1) is 13.9. The van der Waals surface area contributed by atoms with Crippen LogP contribution in [0.4, 0.5) is 15.8 Å². The van der Waals surface area contributed by atoms with Gasteiger partial charge in [-0.15, -0.1) is 0 Å². The maximum atomic E-state index is 14.5. The predicted molar refractivity (Wildman–Crippen MR) is 113 cm³/mol. The summed E-state index contributed by atoms with van der Waals surface area (Å²) in [6.07, 6.45) is 0.556. The van der Waals surface area contributed by atoms with Crippen molar-refractivity contribution in [2.24, 2.45) is 0 Å². The molecule has 1 aliphatic rings. The van der Waals surface area contributed by atoms with E-state index in [4.69, 9.17) is 0 Å². The van der Waals surface area contributed by atoms with Crippen LogP contribution in [0.2, 0.25) is 0 Å². The molecule has 8 heteroatoms. The second kappa shape index (κ2) is 7.61. The van der Waals surface area contributed by atoms with Crippen LogP contribution in [0, 0.1) is 5.82 Å². The van der Waals surface area contributed by atoms with Gasteiger partial charge in [0.25, 0.3) is 15.9 Å². The number of amides is 1. The number of halogens is 2. The smallest absolute Gasteiger partial charge is 0.267 e. The van der Waals surface area contributed by atoms with Crippen LogP contribution in [0.1, 0.15) is 15.9 Å². The minimum atomic E-state index is -4.15. The van der Waals surface area contributed by atoms with Gasteiger partial charge in [0.15, 0.2) is 0 Å². The lowest BCUT2D eigenvalue weighted by molar-refractivity contribution is 0.102. The molecular formula is C21H16BrFN2O3S. The first-order valence-corrected chi connectivity index (χ1v) is 11.1. The molecule has 3 aromatic rings. The van der Waals surface area contributed by atoms with Crippen molar-refractivity contribution in [1.82, 2.24) is 0 Å². The molecule has 29 heavy (non-hydrogen) atoms. The van der Waals surface area contributed by atoms with E-state index in [2.05, 4.69) is 21.2 Å². The van der Waals surface area contributed by atoms with Crippen molar-refractivity contribution in [1.29, 1.82) is 0 Å². The number of fused-ring (bicyclic) bond motifs is 1. The molecule has 0 fully saturated rings. The number of sulfonamides is 1. The number of para-hydroxylation sites is 1. The van der Waals surface area contributed by atoms with Crippen LogP contribution in [0.15, 0.2) is 76.1 Å². The van der Waals surface area contributed by atoms with Crippen molar-refractivity contribution in [2.75, 3.05) is 16.2 Å². The lowest BCUT2D eigenvalue weighted by Crippen LogP contribution is -2.30. The number of carbonyl (C=O) groups is 1. The van der Waals surface area contributed by atoms with Gasteiger partial charge in [0.2, 0.25) is 0 Å². The number of hydrogen-bond acceptors (Lipinski definition) is 3. The zero-order chi connectivity index (χ0) is 20.6. The van der Waals surface area contributed by atoms with Crippen molar-refractivity contribution in [3.63, 3.8) is 0 Å². The molecule has 0 radical (unpaired) electrons. The number of rotatable bonds is 4. The van der Waals surface area contributed by atoms with Gasteiger partial charge in [0.1, 0.15) is 10.7 Å². The van der Waals surface area contributed by atoms with Gasteiger partial charge in [-0.2, -0.15) is 0 Å². The highest BCUT2D eigenvalue weighted by Gasteiger charge is 2.33. The fourth-order valence-corrected chi connectivity index (χ4v) is 5.12. The van der Waals surface area contributed by atoms with E-state index in [-0.39, 0.29) is 12.1 Å². The second-order valence-corrected chi connectivity index (χ2v) is 9.31. The van der Waals surface area contributed by atoms with E-state index in [0.717, 1.165) is 22.2 Å². The number of benzene rings is 3. The summed E-state index contributed by atoms with van der Waals surface area (Å²) in [7, 11) is -4.15. The van der Waals surface area contributed by atoms with E-state index in [9.17, 15) is 17.6 Å². The minimum absolute atomic E-state index is 0.0559. The van der Waals surface area contributed by atoms with E-state index >= 15 is 0 Å². The van der Waals surface area contributed by atoms with Crippen molar-refractivity contribution in [2.45, 2.75) is 11.3 Å². The van der Waals surface area contributed by atoms with Gasteiger partial charge in [-0.05, 0) is 60.5 Å². The van der Waals surface area contributed by atoms with Crippen LogP contribution >= 0.6 is 15.9 Å². The third-order valence-corrected chi connectivity index (χ3v) is 7.06. The van der Waals surface area contributed by atoms with Crippen LogP contribution in [-0.4, -0.2) is 20.9 Å². The standard InChI is InChI=1S/C21H16BrFN2O3S/c22-16-6-8-17(9-7-16)24-21(26)15-5-10-18(23)20(13-15)29(27,28)25-12-11-14-3-1-2-4-19(14)25/h1-10,13H,11-12H2,(H,24,26). The number of nitrogens with one attached hydrogen (secondary N) is 1. The molecule has 0 spiro atoms. The summed E-state index contributed by atoms with van der Waals surface area (Å²) in [5.74, 6) is -1.42. The highest BCUT2D eigenvalue weighted by atomic mass is 79.9. The Hall–Kier alpha value is -2.71. The van der Waals surface area contributed by atoms with Crippen molar-refractivity contribution in [3.05, 3.63) is 88.1 Å². The minimum Gasteiger partial charge on any atom is -0.322 e. The summed E-state index contributed by atoms with van der Waals surface area (Å²) in [6.45, 7) is 0.233. The molecule has 5 nitrogen and oxygen atoms in total. The molecule has 0 saturated heterocycles. The van der Waals surface area contributed by atoms with Crippen LogP contribution < -0.4 is 9.62 Å². The average Bonchev–Trinajstić information content (AvgIpc) is 3.15. The second-order valence-electron chi connectivity index (χ2n) is 6.56. The Labute approximate surface area is 176 Å². The zero-order valence-corrected chi connectivity index (χ0v) is 17.5. The molecular weight excluding hydrogens is 459 g/mol. The summed E-state index contributed by atoms with van der Waals surface area (Å²) in [6, 6.07) is 17.4. The maximum absolute atomic E-state index is 14.5. The Bertz CT molecular complexity index is 1200. The molecule has 1 aliphatic heterocycles. The predicted octanol–water partition coefficient (Wildman–Crippen LogP) is 4.59. The number of anilines is 2. The van der Waals surface area contributed by atoms with Crippen LogP contribution in [0.5, 0.6) is 0 Å².